The largest absolute Gasteiger partial charge is 0.534 e. The van der Waals surface area contributed by atoms with Gasteiger partial charge in [-0.15, -0.1) is 0 Å². The average molecular weight is 509 g/mol. The molecule has 2 aromatic rings. The van der Waals surface area contributed by atoms with Gasteiger partial charge in [-0.2, -0.15) is 21.6 Å². The summed E-state index contributed by atoms with van der Waals surface area (Å²) in [6.07, 6.45) is -0.303. The number of ether oxygens (including phenoxy) is 1. The zero-order valence-electron chi connectivity index (χ0n) is 18.1. The first-order valence-corrected chi connectivity index (χ1v) is 11.0. The summed E-state index contributed by atoms with van der Waals surface area (Å²) in [5, 5.41) is 2.19. The molecule has 0 aromatic heterocycles. The summed E-state index contributed by atoms with van der Waals surface area (Å²) >= 11 is 0. The first kappa shape index (κ1) is 27.0. The summed E-state index contributed by atoms with van der Waals surface area (Å²) in [5.41, 5.74) is -7.29. The van der Waals surface area contributed by atoms with Crippen LogP contribution in [0, 0.1) is 11.6 Å². The van der Waals surface area contributed by atoms with E-state index in [1.807, 2.05) is 0 Å². The fourth-order valence-electron chi connectivity index (χ4n) is 2.60. The van der Waals surface area contributed by atoms with E-state index in [9.17, 15) is 40.0 Å². The minimum atomic E-state index is -5.88. The maximum atomic E-state index is 14.0. The molecule has 0 aliphatic rings. The smallest absolute Gasteiger partial charge is 0.458 e. The van der Waals surface area contributed by atoms with Crippen LogP contribution in [0.25, 0.3) is 0 Å². The summed E-state index contributed by atoms with van der Waals surface area (Å²) in [4.78, 5) is 25.1. The second kappa shape index (κ2) is 9.95. The number of amides is 1. The number of carbonyl (C=O) groups excluding carboxylic acids is 2. The highest BCUT2D eigenvalue weighted by atomic mass is 32.2. The predicted molar refractivity (Wildman–Crippen MR) is 109 cm³/mol. The van der Waals surface area contributed by atoms with Gasteiger partial charge in [0.05, 0.1) is 0 Å². The van der Waals surface area contributed by atoms with Gasteiger partial charge < -0.3 is 14.2 Å². The van der Waals surface area contributed by atoms with E-state index in [0.717, 1.165) is 42.5 Å². The number of benzene rings is 2. The van der Waals surface area contributed by atoms with Crippen molar-refractivity contribution < 1.29 is 48.9 Å². The molecule has 2 rings (SSSR count). The van der Waals surface area contributed by atoms with Crippen molar-refractivity contribution in [3.63, 3.8) is 0 Å². The Kier molecular flexibility index (Phi) is 7.91. The Morgan fingerprint density at radius 3 is 1.97 bits per heavy atom. The second-order valence-corrected chi connectivity index (χ2v) is 9.53. The third-order valence-electron chi connectivity index (χ3n) is 4.04. The maximum absolute atomic E-state index is 14.0. The van der Waals surface area contributed by atoms with Crippen molar-refractivity contribution in [1.82, 2.24) is 5.32 Å². The molecule has 34 heavy (non-hydrogen) atoms. The molecule has 0 heterocycles. The van der Waals surface area contributed by atoms with Crippen LogP contribution in [0.3, 0.4) is 0 Å². The molecule has 0 aliphatic heterocycles. The number of halogens is 5. The molecule has 1 amide bonds. The normalized spacial score (nSPS) is 13.2. The lowest BCUT2D eigenvalue weighted by molar-refractivity contribution is -0.157. The molecule has 186 valence electrons. The highest BCUT2D eigenvalue weighted by Crippen LogP contribution is 2.27. The van der Waals surface area contributed by atoms with E-state index < -0.39 is 62.1 Å². The quantitative estimate of drug-likeness (QED) is 0.263. The van der Waals surface area contributed by atoms with Crippen molar-refractivity contribution in [3.05, 3.63) is 65.2 Å². The molecule has 1 atom stereocenters. The molecule has 0 bridgehead atoms. The topological polar surface area (TPSA) is 98.8 Å². The van der Waals surface area contributed by atoms with Crippen LogP contribution in [0.5, 0.6) is 5.75 Å². The summed E-state index contributed by atoms with van der Waals surface area (Å²) in [7, 11) is -5.88. The van der Waals surface area contributed by atoms with E-state index in [4.69, 9.17) is 4.74 Å². The SMILES string of the molecule is CC(C)(C)OC(=O)[C@H](Cc1ccc(OS(=O)(=O)C(F)(F)F)cc1)NC(=O)c1c(F)cccc1F. The Morgan fingerprint density at radius 2 is 1.50 bits per heavy atom. The summed E-state index contributed by atoms with van der Waals surface area (Å²) in [6.45, 7) is 4.65. The van der Waals surface area contributed by atoms with Gasteiger partial charge in [-0.05, 0) is 50.6 Å². The van der Waals surface area contributed by atoms with Gasteiger partial charge in [0.1, 0.15) is 34.6 Å². The van der Waals surface area contributed by atoms with Crippen LogP contribution in [-0.2, 0) is 26.1 Å². The molecular formula is C21H20F5NO6S. The van der Waals surface area contributed by atoms with Gasteiger partial charge in [-0.1, -0.05) is 18.2 Å². The molecular weight excluding hydrogens is 489 g/mol. The fraction of sp³-hybridized carbons (Fsp3) is 0.333. The third kappa shape index (κ3) is 7.14. The summed E-state index contributed by atoms with van der Waals surface area (Å²) in [5.74, 6) is -5.15. The third-order valence-corrected chi connectivity index (χ3v) is 5.02. The fourth-order valence-corrected chi connectivity index (χ4v) is 3.06. The van der Waals surface area contributed by atoms with Crippen LogP contribution < -0.4 is 9.50 Å². The van der Waals surface area contributed by atoms with Gasteiger partial charge in [0.2, 0.25) is 0 Å². The molecule has 7 nitrogen and oxygen atoms in total. The Morgan fingerprint density at radius 1 is 0.971 bits per heavy atom. The van der Waals surface area contributed by atoms with Gasteiger partial charge in [-0.25, -0.2) is 13.6 Å². The molecule has 0 fully saturated rings. The van der Waals surface area contributed by atoms with E-state index in [0.29, 0.717) is 0 Å². The van der Waals surface area contributed by atoms with Gasteiger partial charge >= 0.3 is 21.6 Å². The monoisotopic (exact) mass is 509 g/mol. The Bertz CT molecular complexity index is 1140. The second-order valence-electron chi connectivity index (χ2n) is 7.99. The minimum absolute atomic E-state index is 0.238. The number of carbonyl (C=O) groups is 2. The van der Waals surface area contributed by atoms with Crippen molar-refractivity contribution in [2.45, 2.75) is 44.3 Å². The maximum Gasteiger partial charge on any atom is 0.534 e. The lowest BCUT2D eigenvalue weighted by Crippen LogP contribution is -2.46. The number of esters is 1. The van der Waals surface area contributed by atoms with Crippen LogP contribution >= 0.6 is 0 Å². The number of alkyl halides is 3. The van der Waals surface area contributed by atoms with Crippen LogP contribution in [0.15, 0.2) is 42.5 Å². The lowest BCUT2D eigenvalue weighted by atomic mass is 10.0. The summed E-state index contributed by atoms with van der Waals surface area (Å²) < 4.78 is 96.7. The minimum Gasteiger partial charge on any atom is -0.458 e. The highest BCUT2D eigenvalue weighted by Gasteiger charge is 2.48. The molecule has 0 spiro atoms. The van der Waals surface area contributed by atoms with E-state index in [1.54, 1.807) is 20.8 Å². The first-order valence-electron chi connectivity index (χ1n) is 9.57. The molecule has 0 saturated carbocycles. The van der Waals surface area contributed by atoms with Crippen LogP contribution in [0.2, 0.25) is 0 Å². The van der Waals surface area contributed by atoms with Crippen molar-refractivity contribution in [3.8, 4) is 5.75 Å². The molecule has 0 radical (unpaired) electrons. The average Bonchev–Trinajstić information content (AvgIpc) is 2.66. The number of hydrogen-bond acceptors (Lipinski definition) is 6. The molecule has 0 saturated heterocycles. The first-order chi connectivity index (χ1) is 15.5. The van der Waals surface area contributed by atoms with Gasteiger partial charge in [0.15, 0.2) is 0 Å². The van der Waals surface area contributed by atoms with Gasteiger partial charge in [-0.3, -0.25) is 4.79 Å². The van der Waals surface area contributed by atoms with Gasteiger partial charge in [0, 0.05) is 6.42 Å². The molecule has 1 N–H and O–H groups in total. The van der Waals surface area contributed by atoms with E-state index in [2.05, 4.69) is 9.50 Å². The van der Waals surface area contributed by atoms with Gasteiger partial charge in [0.25, 0.3) is 5.91 Å². The molecule has 0 aliphatic carbocycles. The predicted octanol–water partition coefficient (Wildman–Crippen LogP) is 3.88. The Balaban J connectivity index is 2.27. The Hall–Kier alpha value is -3.22. The van der Waals surface area contributed by atoms with E-state index in [-0.39, 0.29) is 12.0 Å². The lowest BCUT2D eigenvalue weighted by Gasteiger charge is -2.25. The standard InChI is InChI=1S/C21H20F5NO6S/c1-20(2,3)32-19(29)16(27-18(28)17-14(22)5-4-6-15(17)23)11-12-7-9-13(10-8-12)33-34(30,31)21(24,25)26/h4-10,16H,11H2,1-3H3,(H,27,28)/t16-/m0/s1. The molecule has 0 unspecified atom stereocenters. The zero-order chi connectivity index (χ0) is 25.9. The van der Waals surface area contributed by atoms with Crippen molar-refractivity contribution in [2.75, 3.05) is 0 Å². The highest BCUT2D eigenvalue weighted by molar-refractivity contribution is 7.88. The molecule has 2 aromatic carbocycles. The van der Waals surface area contributed by atoms with E-state index in [1.165, 1.54) is 0 Å². The van der Waals surface area contributed by atoms with Crippen LogP contribution in [-0.4, -0.2) is 37.4 Å². The van der Waals surface area contributed by atoms with Crippen LogP contribution in [0.4, 0.5) is 22.0 Å². The Labute approximate surface area is 192 Å². The number of nitrogens with one attached hydrogen (secondary N) is 1. The van der Waals surface area contributed by atoms with Crippen LogP contribution in [0.1, 0.15) is 36.7 Å². The number of hydrogen-bond donors (Lipinski definition) is 1. The number of rotatable bonds is 7. The molecule has 13 heteroatoms. The van der Waals surface area contributed by atoms with Crippen molar-refractivity contribution >= 4 is 22.0 Å². The zero-order valence-corrected chi connectivity index (χ0v) is 18.9. The van der Waals surface area contributed by atoms with Crippen molar-refractivity contribution in [2.24, 2.45) is 0 Å². The van der Waals surface area contributed by atoms with Crippen molar-refractivity contribution in [1.29, 1.82) is 0 Å². The van der Waals surface area contributed by atoms with E-state index >= 15 is 0 Å². The summed E-state index contributed by atoms with van der Waals surface area (Å²) in [6, 6.07) is 5.42.